The van der Waals surface area contributed by atoms with Crippen molar-refractivity contribution in [1.82, 2.24) is 14.7 Å². The van der Waals surface area contributed by atoms with Gasteiger partial charge in [0.1, 0.15) is 13.2 Å². The van der Waals surface area contributed by atoms with Gasteiger partial charge in [-0.05, 0) is 11.1 Å². The minimum absolute atomic E-state index is 0.0831. The molecule has 0 spiro atoms. The molecule has 0 radical (unpaired) electrons. The van der Waals surface area contributed by atoms with Crippen molar-refractivity contribution >= 4 is 29.7 Å². The molecule has 186 valence electrons. The molecule has 3 aliphatic heterocycles. The number of hydrogen-bond acceptors (Lipinski definition) is 6. The maximum atomic E-state index is 13.5. The second-order valence-corrected chi connectivity index (χ2v) is 9.52. The average Bonchev–Trinajstić information content (AvgIpc) is 3.28. The van der Waals surface area contributed by atoms with Gasteiger partial charge < -0.3 is 4.74 Å². The molecule has 0 N–H and O–H groups in total. The van der Waals surface area contributed by atoms with E-state index in [2.05, 4.69) is 23.6 Å². The van der Waals surface area contributed by atoms with E-state index in [4.69, 9.17) is 9.73 Å². The lowest BCUT2D eigenvalue weighted by Crippen LogP contribution is -2.65. The molecular weight excluding hydrogens is 458 g/mol. The Bertz CT molecular complexity index is 1230. The lowest BCUT2D eigenvalue weighted by molar-refractivity contribution is -0.545. The van der Waals surface area contributed by atoms with E-state index in [0.717, 1.165) is 30.0 Å². The van der Waals surface area contributed by atoms with Gasteiger partial charge in [0.05, 0.1) is 19.6 Å². The summed E-state index contributed by atoms with van der Waals surface area (Å²) in [6.07, 6.45) is 0.850. The molecule has 1 saturated heterocycles. The molecule has 5 rings (SSSR count). The van der Waals surface area contributed by atoms with E-state index in [1.807, 2.05) is 53.4 Å². The van der Waals surface area contributed by atoms with Crippen molar-refractivity contribution in [1.29, 1.82) is 0 Å². The minimum Gasteiger partial charge on any atom is -0.459 e. The monoisotopic (exact) mass is 488 g/mol. The van der Waals surface area contributed by atoms with Crippen molar-refractivity contribution in [2.75, 3.05) is 33.2 Å². The fourth-order valence-electron chi connectivity index (χ4n) is 4.95. The van der Waals surface area contributed by atoms with Gasteiger partial charge in [-0.3, -0.25) is 19.1 Å². The van der Waals surface area contributed by atoms with Gasteiger partial charge in [-0.2, -0.15) is 0 Å². The van der Waals surface area contributed by atoms with Crippen LogP contribution >= 0.6 is 0 Å². The van der Waals surface area contributed by atoms with Crippen LogP contribution in [0.2, 0.25) is 0 Å². The largest absolute Gasteiger partial charge is 0.459 e. The quantitative estimate of drug-likeness (QED) is 0.440. The van der Waals surface area contributed by atoms with Crippen LogP contribution in [0, 0.1) is 5.92 Å². The van der Waals surface area contributed by atoms with Crippen molar-refractivity contribution in [2.45, 2.75) is 26.0 Å². The number of nitrogens with zero attached hydrogens (tertiary/aromatic N) is 5. The fourth-order valence-corrected chi connectivity index (χ4v) is 4.95. The highest BCUT2D eigenvalue weighted by molar-refractivity contribution is 6.26. The zero-order chi connectivity index (χ0) is 25.2. The van der Waals surface area contributed by atoms with Gasteiger partial charge in [0.15, 0.2) is 0 Å². The van der Waals surface area contributed by atoms with Gasteiger partial charge >= 0.3 is 18.0 Å². The van der Waals surface area contributed by atoms with E-state index in [-0.39, 0.29) is 6.61 Å². The summed E-state index contributed by atoms with van der Waals surface area (Å²) in [7, 11) is 1.60. The highest BCUT2D eigenvalue weighted by atomic mass is 16.5. The van der Waals surface area contributed by atoms with Crippen molar-refractivity contribution in [3.63, 3.8) is 0 Å². The lowest BCUT2D eigenvalue weighted by atomic mass is 10.1. The number of guanidine groups is 1. The highest BCUT2D eigenvalue weighted by Gasteiger charge is 2.57. The molecule has 0 saturated carbocycles. The van der Waals surface area contributed by atoms with E-state index in [1.54, 1.807) is 7.05 Å². The van der Waals surface area contributed by atoms with Crippen LogP contribution in [0.5, 0.6) is 0 Å². The third kappa shape index (κ3) is 4.60. The summed E-state index contributed by atoms with van der Waals surface area (Å²) in [5.41, 5.74) is 2.07. The SMILES string of the molecule is CC1CN2C(=[N+](CCc3ccccc3)C1)N=C1C2C(=O)N(CC(=O)OCc2ccccc2)C(=O)N1C. The first-order valence-corrected chi connectivity index (χ1v) is 12.2. The number of aliphatic imine (C=N–C) groups is 1. The Balaban J connectivity index is 1.33. The topological polar surface area (TPSA) is 85.5 Å². The second-order valence-electron chi connectivity index (χ2n) is 9.52. The number of carbonyl (C=O) groups is 3. The highest BCUT2D eigenvalue weighted by Crippen LogP contribution is 2.27. The Morgan fingerprint density at radius 3 is 2.42 bits per heavy atom. The van der Waals surface area contributed by atoms with Crippen LogP contribution in [0.3, 0.4) is 0 Å². The van der Waals surface area contributed by atoms with Crippen LogP contribution in [0.4, 0.5) is 4.79 Å². The lowest BCUT2D eigenvalue weighted by Gasteiger charge is -2.36. The maximum Gasteiger partial charge on any atom is 0.392 e. The van der Waals surface area contributed by atoms with E-state index in [0.29, 0.717) is 24.3 Å². The molecule has 0 aliphatic carbocycles. The Hall–Kier alpha value is -4.01. The summed E-state index contributed by atoms with van der Waals surface area (Å²) < 4.78 is 7.52. The molecule has 3 aliphatic rings. The number of carbonyl (C=O) groups excluding carboxylic acids is 3. The first-order chi connectivity index (χ1) is 17.4. The molecule has 1 fully saturated rings. The molecule has 2 unspecified atom stereocenters. The zero-order valence-corrected chi connectivity index (χ0v) is 20.5. The molecule has 0 aromatic heterocycles. The van der Waals surface area contributed by atoms with Crippen LogP contribution in [0.25, 0.3) is 0 Å². The summed E-state index contributed by atoms with van der Waals surface area (Å²) in [6, 6.07) is 18.2. The number of imide groups is 1. The third-order valence-corrected chi connectivity index (χ3v) is 6.76. The van der Waals surface area contributed by atoms with Gasteiger partial charge in [-0.25, -0.2) is 14.6 Å². The smallest absolute Gasteiger partial charge is 0.392 e. The molecule has 3 amide bonds. The second kappa shape index (κ2) is 9.93. The Kier molecular flexibility index (Phi) is 6.54. The molecule has 36 heavy (non-hydrogen) atoms. The van der Waals surface area contributed by atoms with Crippen molar-refractivity contribution < 1.29 is 23.7 Å². The summed E-state index contributed by atoms with van der Waals surface area (Å²) in [5, 5.41) is 0. The summed E-state index contributed by atoms with van der Waals surface area (Å²) >= 11 is 0. The van der Waals surface area contributed by atoms with Crippen LogP contribution in [0.15, 0.2) is 65.7 Å². The normalized spacial score (nSPS) is 21.4. The van der Waals surface area contributed by atoms with Gasteiger partial charge in [-0.1, -0.05) is 72.6 Å². The standard InChI is InChI=1S/C27H30N5O4/c1-19-15-30(14-13-20-9-5-3-6-10-20)26-28-24-23(31(26)16-19)25(34)32(27(35)29(24)2)17-22(33)36-18-21-11-7-4-8-12-21/h3-12,19,23H,13-18H2,1-2H3/q+1. The number of likely N-dealkylation sites (N-methyl/N-ethyl adjacent to an activating group) is 1. The Morgan fingerprint density at radius 2 is 1.72 bits per heavy atom. The molecule has 9 nitrogen and oxygen atoms in total. The Morgan fingerprint density at radius 1 is 1.06 bits per heavy atom. The maximum absolute atomic E-state index is 13.5. The number of rotatable bonds is 7. The van der Waals surface area contributed by atoms with E-state index < -0.39 is 30.5 Å². The number of amides is 3. The van der Waals surface area contributed by atoms with Gasteiger partial charge in [-0.15, -0.1) is 0 Å². The predicted molar refractivity (Wildman–Crippen MR) is 133 cm³/mol. The number of esters is 1. The third-order valence-electron chi connectivity index (χ3n) is 6.76. The first kappa shape index (κ1) is 23.7. The van der Waals surface area contributed by atoms with Gasteiger partial charge in [0, 0.05) is 19.4 Å². The number of hydrogen-bond donors (Lipinski definition) is 0. The minimum atomic E-state index is -0.730. The van der Waals surface area contributed by atoms with Crippen LogP contribution in [-0.4, -0.2) is 88.2 Å². The molecule has 2 aromatic rings. The molecule has 2 aromatic carbocycles. The van der Waals surface area contributed by atoms with Crippen molar-refractivity contribution in [3.8, 4) is 0 Å². The summed E-state index contributed by atoms with van der Waals surface area (Å²) in [4.78, 5) is 48.2. The molecule has 3 heterocycles. The summed E-state index contributed by atoms with van der Waals surface area (Å²) in [6.45, 7) is 4.02. The number of urea groups is 1. The summed E-state index contributed by atoms with van der Waals surface area (Å²) in [5.74, 6) is 0.353. The van der Waals surface area contributed by atoms with Crippen LogP contribution in [-0.2, 0) is 27.4 Å². The molecule has 0 bridgehead atoms. The van der Waals surface area contributed by atoms with E-state index in [1.165, 1.54) is 10.5 Å². The molecular formula is C27H30N5O4+. The molecule has 9 heteroatoms. The number of ether oxygens (including phenoxy) is 1. The number of fused-ring (bicyclic) bond motifs is 3. The predicted octanol–water partition coefficient (Wildman–Crippen LogP) is 1.97. The molecule has 2 atom stereocenters. The first-order valence-electron chi connectivity index (χ1n) is 12.2. The number of amidine groups is 1. The van der Waals surface area contributed by atoms with Crippen LogP contribution < -0.4 is 0 Å². The van der Waals surface area contributed by atoms with E-state index in [9.17, 15) is 14.4 Å². The van der Waals surface area contributed by atoms with Crippen molar-refractivity contribution in [2.24, 2.45) is 10.9 Å². The van der Waals surface area contributed by atoms with Gasteiger partial charge in [0.2, 0.25) is 11.9 Å². The Labute approximate surface area is 210 Å². The number of benzene rings is 2. The van der Waals surface area contributed by atoms with Gasteiger partial charge in [0.25, 0.3) is 5.91 Å². The van der Waals surface area contributed by atoms with E-state index >= 15 is 0 Å². The fraction of sp³-hybridized carbons (Fsp3) is 0.370. The average molecular weight is 489 g/mol. The van der Waals surface area contributed by atoms with Crippen molar-refractivity contribution in [3.05, 3.63) is 71.8 Å². The zero-order valence-electron chi connectivity index (χ0n) is 20.5. The van der Waals surface area contributed by atoms with Crippen LogP contribution in [0.1, 0.15) is 18.1 Å².